The van der Waals surface area contributed by atoms with E-state index < -0.39 is 10.0 Å². The quantitative estimate of drug-likeness (QED) is 0.791. The van der Waals surface area contributed by atoms with Crippen LogP contribution in [-0.2, 0) is 23.0 Å². The molecule has 0 unspecified atom stereocenters. The number of aryl methyl sites for hydroxylation is 1. The van der Waals surface area contributed by atoms with Crippen LogP contribution in [0.2, 0.25) is 5.02 Å². The highest BCUT2D eigenvalue weighted by molar-refractivity contribution is 7.89. The number of rotatable bonds is 8. The van der Waals surface area contributed by atoms with E-state index in [1.54, 1.807) is 24.3 Å². The van der Waals surface area contributed by atoms with Gasteiger partial charge in [0.1, 0.15) is 12.4 Å². The standard InChI is InChI=1S/C17H20ClNO3S/c1-2-14-5-9-17(10-6-14)22-11-12-23(20,21)19-13-15-3-7-16(18)8-4-15/h3-10,19H,2,11-13H2,1H3. The molecule has 0 spiro atoms. The van der Waals surface area contributed by atoms with Crippen molar-refractivity contribution in [2.24, 2.45) is 0 Å². The predicted octanol–water partition coefficient (Wildman–Crippen LogP) is 3.40. The zero-order chi connectivity index (χ0) is 16.7. The molecule has 0 heterocycles. The number of halogens is 1. The second kappa shape index (κ2) is 8.34. The second-order valence-corrected chi connectivity index (χ2v) is 7.48. The Morgan fingerprint density at radius 1 is 1.00 bits per heavy atom. The molecule has 0 aliphatic heterocycles. The molecule has 23 heavy (non-hydrogen) atoms. The zero-order valence-corrected chi connectivity index (χ0v) is 14.5. The van der Waals surface area contributed by atoms with Crippen LogP contribution >= 0.6 is 11.6 Å². The van der Waals surface area contributed by atoms with E-state index in [-0.39, 0.29) is 18.9 Å². The molecular formula is C17H20ClNO3S. The smallest absolute Gasteiger partial charge is 0.215 e. The van der Waals surface area contributed by atoms with Crippen LogP contribution in [-0.4, -0.2) is 20.8 Å². The lowest BCUT2D eigenvalue weighted by Gasteiger charge is -2.09. The third-order valence-electron chi connectivity index (χ3n) is 3.36. The molecule has 2 aromatic rings. The Hall–Kier alpha value is -1.56. The van der Waals surface area contributed by atoms with Gasteiger partial charge < -0.3 is 4.74 Å². The molecule has 0 saturated carbocycles. The van der Waals surface area contributed by atoms with Crippen molar-refractivity contribution in [3.8, 4) is 5.75 Å². The van der Waals surface area contributed by atoms with Crippen LogP contribution in [0.15, 0.2) is 48.5 Å². The van der Waals surface area contributed by atoms with Crippen LogP contribution in [0.25, 0.3) is 0 Å². The molecule has 1 N–H and O–H groups in total. The van der Waals surface area contributed by atoms with Gasteiger partial charge in [-0.2, -0.15) is 0 Å². The van der Waals surface area contributed by atoms with Crippen molar-refractivity contribution in [3.63, 3.8) is 0 Å². The Labute approximate surface area is 142 Å². The van der Waals surface area contributed by atoms with E-state index in [4.69, 9.17) is 16.3 Å². The maximum absolute atomic E-state index is 11.9. The van der Waals surface area contributed by atoms with Gasteiger partial charge in [0.15, 0.2) is 0 Å². The fraction of sp³-hybridized carbons (Fsp3) is 0.294. The fourth-order valence-electron chi connectivity index (χ4n) is 1.96. The summed E-state index contributed by atoms with van der Waals surface area (Å²) in [5.41, 5.74) is 2.07. The van der Waals surface area contributed by atoms with Crippen molar-refractivity contribution in [3.05, 3.63) is 64.7 Å². The summed E-state index contributed by atoms with van der Waals surface area (Å²) in [4.78, 5) is 0. The van der Waals surface area contributed by atoms with Gasteiger partial charge in [0, 0.05) is 11.6 Å². The van der Waals surface area contributed by atoms with Crippen molar-refractivity contribution >= 4 is 21.6 Å². The molecular weight excluding hydrogens is 334 g/mol. The van der Waals surface area contributed by atoms with Gasteiger partial charge in [-0.25, -0.2) is 13.1 Å². The first-order valence-corrected chi connectivity index (χ1v) is 9.45. The molecule has 0 aliphatic rings. The Morgan fingerprint density at radius 3 is 2.22 bits per heavy atom. The average Bonchev–Trinajstić information content (AvgIpc) is 2.55. The number of ether oxygens (including phenoxy) is 1. The predicted molar refractivity (Wildman–Crippen MR) is 93.4 cm³/mol. The van der Waals surface area contributed by atoms with Gasteiger partial charge in [0.25, 0.3) is 0 Å². The Balaban J connectivity index is 1.77. The summed E-state index contributed by atoms with van der Waals surface area (Å²) >= 11 is 5.79. The second-order valence-electron chi connectivity index (χ2n) is 5.11. The largest absolute Gasteiger partial charge is 0.492 e. The van der Waals surface area contributed by atoms with Gasteiger partial charge in [0.2, 0.25) is 10.0 Å². The van der Waals surface area contributed by atoms with Gasteiger partial charge >= 0.3 is 0 Å². The van der Waals surface area contributed by atoms with Crippen LogP contribution < -0.4 is 9.46 Å². The summed E-state index contributed by atoms with van der Waals surface area (Å²) in [5, 5.41) is 0.624. The first kappa shape index (κ1) is 17.8. The molecule has 0 aromatic heterocycles. The minimum atomic E-state index is -3.38. The first-order chi connectivity index (χ1) is 11.0. The normalized spacial score (nSPS) is 11.4. The van der Waals surface area contributed by atoms with E-state index in [0.717, 1.165) is 12.0 Å². The zero-order valence-electron chi connectivity index (χ0n) is 13.0. The molecule has 2 aromatic carbocycles. The average molecular weight is 354 g/mol. The molecule has 0 radical (unpaired) electrons. The molecule has 0 saturated heterocycles. The minimum absolute atomic E-state index is 0.0872. The van der Waals surface area contributed by atoms with Crippen molar-refractivity contribution in [1.82, 2.24) is 4.72 Å². The Morgan fingerprint density at radius 2 is 1.61 bits per heavy atom. The van der Waals surface area contributed by atoms with Crippen molar-refractivity contribution < 1.29 is 13.2 Å². The fourth-order valence-corrected chi connectivity index (χ4v) is 2.92. The lowest BCUT2D eigenvalue weighted by atomic mass is 10.2. The molecule has 0 fully saturated rings. The number of benzene rings is 2. The van der Waals surface area contributed by atoms with Crippen LogP contribution in [0.4, 0.5) is 0 Å². The summed E-state index contributed by atoms with van der Waals surface area (Å²) in [6, 6.07) is 14.7. The third kappa shape index (κ3) is 6.22. The van der Waals surface area contributed by atoms with Crippen LogP contribution in [0.3, 0.4) is 0 Å². The van der Waals surface area contributed by atoms with Crippen LogP contribution in [0.1, 0.15) is 18.1 Å². The third-order valence-corrected chi connectivity index (χ3v) is 4.90. The highest BCUT2D eigenvalue weighted by Gasteiger charge is 2.10. The topological polar surface area (TPSA) is 55.4 Å². The summed E-state index contributed by atoms with van der Waals surface area (Å²) in [7, 11) is -3.38. The van der Waals surface area contributed by atoms with Gasteiger partial charge in [-0.1, -0.05) is 42.8 Å². The monoisotopic (exact) mass is 353 g/mol. The highest BCUT2D eigenvalue weighted by Crippen LogP contribution is 2.12. The van der Waals surface area contributed by atoms with Crippen LogP contribution in [0.5, 0.6) is 5.75 Å². The lowest BCUT2D eigenvalue weighted by Crippen LogP contribution is -2.28. The van der Waals surface area contributed by atoms with Crippen molar-refractivity contribution in [2.75, 3.05) is 12.4 Å². The summed E-state index contributed by atoms with van der Waals surface area (Å²) in [6.45, 7) is 2.43. The highest BCUT2D eigenvalue weighted by atomic mass is 35.5. The molecule has 0 aliphatic carbocycles. The van der Waals surface area contributed by atoms with Gasteiger partial charge in [-0.3, -0.25) is 0 Å². The van der Waals surface area contributed by atoms with E-state index in [1.165, 1.54) is 5.56 Å². The van der Waals surface area contributed by atoms with E-state index in [2.05, 4.69) is 11.6 Å². The Bertz CT molecular complexity index is 713. The minimum Gasteiger partial charge on any atom is -0.492 e. The SMILES string of the molecule is CCc1ccc(OCCS(=O)(=O)NCc2ccc(Cl)cc2)cc1. The van der Waals surface area contributed by atoms with E-state index in [9.17, 15) is 8.42 Å². The summed E-state index contributed by atoms with van der Waals surface area (Å²) < 4.78 is 31.9. The maximum atomic E-state index is 11.9. The van der Waals surface area contributed by atoms with Gasteiger partial charge in [-0.15, -0.1) is 0 Å². The molecule has 6 heteroatoms. The number of sulfonamides is 1. The lowest BCUT2D eigenvalue weighted by molar-refractivity contribution is 0.340. The molecule has 124 valence electrons. The molecule has 0 bridgehead atoms. The van der Waals surface area contributed by atoms with Gasteiger partial charge in [-0.05, 0) is 41.8 Å². The Kier molecular flexibility index (Phi) is 6.45. The van der Waals surface area contributed by atoms with Crippen LogP contribution in [0, 0.1) is 0 Å². The first-order valence-electron chi connectivity index (χ1n) is 7.42. The number of hydrogen-bond acceptors (Lipinski definition) is 3. The molecule has 2 rings (SSSR count). The van der Waals surface area contributed by atoms with Crippen molar-refractivity contribution in [2.45, 2.75) is 19.9 Å². The van der Waals surface area contributed by atoms with Crippen molar-refractivity contribution in [1.29, 1.82) is 0 Å². The van der Waals surface area contributed by atoms with E-state index in [1.807, 2.05) is 24.3 Å². The van der Waals surface area contributed by atoms with E-state index >= 15 is 0 Å². The molecule has 0 atom stereocenters. The molecule has 4 nitrogen and oxygen atoms in total. The van der Waals surface area contributed by atoms with Gasteiger partial charge in [0.05, 0.1) is 5.75 Å². The molecule has 0 amide bonds. The number of nitrogens with one attached hydrogen (secondary N) is 1. The maximum Gasteiger partial charge on any atom is 0.215 e. The number of hydrogen-bond donors (Lipinski definition) is 1. The van der Waals surface area contributed by atoms with E-state index in [0.29, 0.717) is 10.8 Å². The summed E-state index contributed by atoms with van der Waals surface area (Å²) in [6.07, 6.45) is 0.962. The summed E-state index contributed by atoms with van der Waals surface area (Å²) in [5.74, 6) is 0.589.